The van der Waals surface area contributed by atoms with Gasteiger partial charge in [-0.15, -0.1) is 0 Å². The van der Waals surface area contributed by atoms with E-state index in [-0.39, 0.29) is 12.1 Å². The SMILES string of the molecule is CC(C)=C[C@H]1NCCc2cn(C(=O)OC(C)(C)C)c3cccc1c23. The molecule has 1 aliphatic rings. The van der Waals surface area contributed by atoms with E-state index in [0.717, 1.165) is 18.5 Å². The molecule has 0 radical (unpaired) electrons. The minimum Gasteiger partial charge on any atom is -0.443 e. The van der Waals surface area contributed by atoms with E-state index in [1.807, 2.05) is 39.1 Å². The lowest BCUT2D eigenvalue weighted by Gasteiger charge is -2.20. The van der Waals surface area contributed by atoms with E-state index in [0.29, 0.717) is 0 Å². The summed E-state index contributed by atoms with van der Waals surface area (Å²) in [5.41, 5.74) is 4.12. The summed E-state index contributed by atoms with van der Waals surface area (Å²) in [5.74, 6) is 0. The van der Waals surface area contributed by atoms with E-state index in [1.54, 1.807) is 4.57 Å². The van der Waals surface area contributed by atoms with Gasteiger partial charge >= 0.3 is 6.09 Å². The van der Waals surface area contributed by atoms with Gasteiger partial charge < -0.3 is 10.1 Å². The molecule has 128 valence electrons. The highest BCUT2D eigenvalue weighted by atomic mass is 16.6. The van der Waals surface area contributed by atoms with Gasteiger partial charge in [-0.2, -0.15) is 0 Å². The fourth-order valence-corrected chi connectivity index (χ4v) is 3.26. The monoisotopic (exact) mass is 326 g/mol. The van der Waals surface area contributed by atoms with Crippen LogP contribution in [0.15, 0.2) is 36.0 Å². The Labute approximate surface area is 143 Å². The van der Waals surface area contributed by atoms with Crippen LogP contribution in [0.4, 0.5) is 4.79 Å². The molecule has 0 saturated carbocycles. The van der Waals surface area contributed by atoms with Crippen LogP contribution in [0.5, 0.6) is 0 Å². The predicted octanol–water partition coefficient (Wildman–Crippen LogP) is 4.58. The quantitative estimate of drug-likeness (QED) is 0.780. The van der Waals surface area contributed by atoms with Crippen molar-refractivity contribution in [3.63, 3.8) is 0 Å². The standard InChI is InChI=1S/C20H26N2O2/c1-13(2)11-16-15-7-6-8-17-18(15)14(9-10-21-16)12-22(17)19(23)24-20(3,4)5/h6-8,11-12,16,21H,9-10H2,1-5H3/t16-/m1/s1. The topological polar surface area (TPSA) is 43.3 Å². The Kier molecular flexibility index (Phi) is 4.26. The zero-order valence-electron chi connectivity index (χ0n) is 15.1. The number of allylic oxidation sites excluding steroid dienone is 1. The summed E-state index contributed by atoms with van der Waals surface area (Å²) in [7, 11) is 0. The number of rotatable bonds is 1. The van der Waals surface area contributed by atoms with Crippen LogP contribution in [0.1, 0.15) is 51.8 Å². The predicted molar refractivity (Wildman–Crippen MR) is 97.4 cm³/mol. The molecular weight excluding hydrogens is 300 g/mol. The van der Waals surface area contributed by atoms with Gasteiger partial charge in [0.1, 0.15) is 5.60 Å². The van der Waals surface area contributed by atoms with E-state index in [9.17, 15) is 4.79 Å². The van der Waals surface area contributed by atoms with E-state index in [4.69, 9.17) is 4.74 Å². The summed E-state index contributed by atoms with van der Waals surface area (Å²) < 4.78 is 7.23. The van der Waals surface area contributed by atoms with Gasteiger partial charge in [0.15, 0.2) is 0 Å². The van der Waals surface area contributed by atoms with Gasteiger partial charge in [-0.1, -0.05) is 23.8 Å². The van der Waals surface area contributed by atoms with Crippen molar-refractivity contribution in [2.45, 2.75) is 52.7 Å². The van der Waals surface area contributed by atoms with E-state index < -0.39 is 5.60 Å². The van der Waals surface area contributed by atoms with Crippen molar-refractivity contribution >= 4 is 17.0 Å². The average Bonchev–Trinajstić information content (AvgIpc) is 2.74. The molecule has 0 saturated heterocycles. The third-order valence-corrected chi connectivity index (χ3v) is 4.12. The first kappa shape index (κ1) is 16.8. The fourth-order valence-electron chi connectivity index (χ4n) is 3.26. The Balaban J connectivity index is 2.14. The Morgan fingerprint density at radius 2 is 2.08 bits per heavy atom. The highest BCUT2D eigenvalue weighted by Gasteiger charge is 2.24. The summed E-state index contributed by atoms with van der Waals surface area (Å²) in [5, 5.41) is 4.77. The molecule has 1 aromatic heterocycles. The number of hydrogen-bond donors (Lipinski definition) is 1. The molecule has 4 heteroatoms. The van der Waals surface area contributed by atoms with Gasteiger partial charge in [0.2, 0.25) is 0 Å². The van der Waals surface area contributed by atoms with Crippen LogP contribution in [0.3, 0.4) is 0 Å². The van der Waals surface area contributed by atoms with Crippen molar-refractivity contribution in [2.24, 2.45) is 0 Å². The molecule has 4 nitrogen and oxygen atoms in total. The van der Waals surface area contributed by atoms with Gasteiger partial charge in [0, 0.05) is 18.1 Å². The lowest BCUT2D eigenvalue weighted by Crippen LogP contribution is -2.27. The lowest BCUT2D eigenvalue weighted by molar-refractivity contribution is 0.0544. The van der Waals surface area contributed by atoms with Crippen LogP contribution >= 0.6 is 0 Å². The summed E-state index contributed by atoms with van der Waals surface area (Å²) in [6, 6.07) is 6.33. The summed E-state index contributed by atoms with van der Waals surface area (Å²) in [4.78, 5) is 12.6. The van der Waals surface area contributed by atoms with Crippen LogP contribution in [0.2, 0.25) is 0 Å². The third-order valence-electron chi connectivity index (χ3n) is 4.12. The second-order valence-corrected chi connectivity index (χ2v) is 7.67. The second kappa shape index (κ2) is 6.10. The Hall–Kier alpha value is -2.07. The first-order valence-electron chi connectivity index (χ1n) is 8.51. The molecule has 1 atom stereocenters. The summed E-state index contributed by atoms with van der Waals surface area (Å²) in [6.45, 7) is 10.8. The highest BCUT2D eigenvalue weighted by molar-refractivity contribution is 5.94. The molecule has 2 heterocycles. The normalized spacial score (nSPS) is 17.5. The average molecular weight is 326 g/mol. The minimum absolute atomic E-state index is 0.175. The minimum atomic E-state index is -0.505. The molecule has 1 aromatic carbocycles. The number of benzene rings is 1. The van der Waals surface area contributed by atoms with E-state index in [1.165, 1.54) is 22.1 Å². The molecule has 0 fully saturated rings. The zero-order valence-corrected chi connectivity index (χ0v) is 15.1. The molecule has 0 bridgehead atoms. The molecule has 1 N–H and O–H groups in total. The van der Waals surface area contributed by atoms with Crippen LogP contribution in [0, 0.1) is 0 Å². The number of ether oxygens (including phenoxy) is 1. The first-order valence-corrected chi connectivity index (χ1v) is 8.51. The van der Waals surface area contributed by atoms with Gasteiger partial charge in [-0.3, -0.25) is 4.57 Å². The van der Waals surface area contributed by atoms with Gasteiger partial charge in [-0.25, -0.2) is 4.79 Å². The van der Waals surface area contributed by atoms with Crippen molar-refractivity contribution < 1.29 is 9.53 Å². The summed E-state index contributed by atoms with van der Waals surface area (Å²) >= 11 is 0. The molecule has 0 amide bonds. The zero-order chi connectivity index (χ0) is 17.5. The Morgan fingerprint density at radius 1 is 1.33 bits per heavy atom. The van der Waals surface area contributed by atoms with Crippen molar-refractivity contribution in [3.05, 3.63) is 47.2 Å². The molecular formula is C20H26N2O2. The number of carbonyl (C=O) groups excluding carboxylic acids is 1. The smallest absolute Gasteiger partial charge is 0.419 e. The molecule has 3 rings (SSSR count). The number of aromatic nitrogens is 1. The van der Waals surface area contributed by atoms with Crippen LogP contribution in [0.25, 0.3) is 10.9 Å². The summed E-state index contributed by atoms with van der Waals surface area (Å²) in [6.07, 6.45) is 4.77. The van der Waals surface area contributed by atoms with E-state index >= 15 is 0 Å². The molecule has 0 spiro atoms. The maximum absolute atomic E-state index is 12.6. The molecule has 0 unspecified atom stereocenters. The second-order valence-electron chi connectivity index (χ2n) is 7.67. The maximum atomic E-state index is 12.6. The van der Waals surface area contributed by atoms with Crippen molar-refractivity contribution in [1.29, 1.82) is 0 Å². The van der Waals surface area contributed by atoms with Crippen LogP contribution in [-0.4, -0.2) is 22.8 Å². The van der Waals surface area contributed by atoms with Gasteiger partial charge in [0.25, 0.3) is 0 Å². The first-order chi connectivity index (χ1) is 11.3. The largest absolute Gasteiger partial charge is 0.443 e. The van der Waals surface area contributed by atoms with Crippen molar-refractivity contribution in [1.82, 2.24) is 9.88 Å². The molecule has 24 heavy (non-hydrogen) atoms. The number of nitrogens with zero attached hydrogens (tertiary/aromatic N) is 1. The number of hydrogen-bond acceptors (Lipinski definition) is 3. The molecule has 1 aliphatic heterocycles. The van der Waals surface area contributed by atoms with Gasteiger partial charge in [0.05, 0.1) is 11.6 Å². The van der Waals surface area contributed by atoms with Crippen LogP contribution < -0.4 is 5.32 Å². The van der Waals surface area contributed by atoms with Crippen molar-refractivity contribution in [3.8, 4) is 0 Å². The highest BCUT2D eigenvalue weighted by Crippen LogP contribution is 2.33. The third kappa shape index (κ3) is 3.24. The van der Waals surface area contributed by atoms with Gasteiger partial charge in [-0.05, 0) is 58.2 Å². The fraction of sp³-hybridized carbons (Fsp3) is 0.450. The molecule has 2 aromatic rings. The Morgan fingerprint density at radius 3 is 2.75 bits per heavy atom. The number of carbonyl (C=O) groups is 1. The Bertz CT molecular complexity index is 805. The molecule has 0 aliphatic carbocycles. The number of nitrogens with one attached hydrogen (secondary N) is 1. The van der Waals surface area contributed by atoms with Crippen LogP contribution in [-0.2, 0) is 11.2 Å². The van der Waals surface area contributed by atoms with Crippen molar-refractivity contribution in [2.75, 3.05) is 6.54 Å². The van der Waals surface area contributed by atoms with E-state index in [2.05, 4.69) is 31.3 Å². The lowest BCUT2D eigenvalue weighted by atomic mass is 9.99. The maximum Gasteiger partial charge on any atom is 0.419 e.